The zero-order valence-corrected chi connectivity index (χ0v) is 17.2. The van der Waals surface area contributed by atoms with Gasteiger partial charge in [0.05, 0.1) is 12.0 Å². The van der Waals surface area contributed by atoms with Crippen molar-refractivity contribution in [1.82, 2.24) is 4.90 Å². The number of benzene rings is 3. The Morgan fingerprint density at radius 2 is 1.74 bits per heavy atom. The van der Waals surface area contributed by atoms with Crippen LogP contribution in [-0.2, 0) is 4.79 Å². The van der Waals surface area contributed by atoms with Crippen molar-refractivity contribution in [3.05, 3.63) is 101 Å². The van der Waals surface area contributed by atoms with Gasteiger partial charge in [0.2, 0.25) is 5.91 Å². The maximum atomic E-state index is 13.6. The minimum absolute atomic E-state index is 0.0181. The number of halogens is 1. The van der Waals surface area contributed by atoms with E-state index in [0.717, 1.165) is 29.5 Å². The van der Waals surface area contributed by atoms with Crippen LogP contribution < -0.4 is 5.32 Å². The molecule has 1 aliphatic heterocycles. The molecule has 2 aliphatic rings. The molecular formula is C26H23FN2O2. The summed E-state index contributed by atoms with van der Waals surface area (Å²) in [4.78, 5) is 29.0. The number of amides is 2. The molecular weight excluding hydrogens is 391 g/mol. The third-order valence-electron chi connectivity index (χ3n) is 6.09. The SMILES string of the molecule is Cc1cccc(C2C(C(=O)Nc3ccc(F)cc3)c3ccccc3C(=O)N2C2CC2)c1. The molecule has 0 aromatic heterocycles. The smallest absolute Gasteiger partial charge is 0.254 e. The fourth-order valence-corrected chi connectivity index (χ4v) is 4.55. The minimum atomic E-state index is -0.568. The lowest BCUT2D eigenvalue weighted by molar-refractivity contribution is -0.119. The minimum Gasteiger partial charge on any atom is -0.327 e. The first kappa shape index (κ1) is 19.5. The number of aryl methyl sites for hydroxylation is 1. The van der Waals surface area contributed by atoms with Gasteiger partial charge in [0.25, 0.3) is 5.91 Å². The summed E-state index contributed by atoms with van der Waals surface area (Å²) in [7, 11) is 0. The van der Waals surface area contributed by atoms with Crippen LogP contribution in [0.15, 0.2) is 72.8 Å². The molecule has 3 aromatic rings. The largest absolute Gasteiger partial charge is 0.327 e. The molecule has 2 amide bonds. The summed E-state index contributed by atoms with van der Waals surface area (Å²) < 4.78 is 13.3. The highest BCUT2D eigenvalue weighted by molar-refractivity contribution is 6.04. The highest BCUT2D eigenvalue weighted by atomic mass is 19.1. The highest BCUT2D eigenvalue weighted by Crippen LogP contribution is 2.48. The Balaban J connectivity index is 1.63. The van der Waals surface area contributed by atoms with Gasteiger partial charge in [0.1, 0.15) is 5.82 Å². The van der Waals surface area contributed by atoms with Gasteiger partial charge in [-0.15, -0.1) is 0 Å². The summed E-state index contributed by atoms with van der Waals surface area (Å²) in [6.07, 6.45) is 1.89. The van der Waals surface area contributed by atoms with Crippen LogP contribution in [0.25, 0.3) is 0 Å². The fourth-order valence-electron chi connectivity index (χ4n) is 4.55. The van der Waals surface area contributed by atoms with Crippen molar-refractivity contribution in [1.29, 1.82) is 0 Å². The highest BCUT2D eigenvalue weighted by Gasteiger charge is 2.49. The summed E-state index contributed by atoms with van der Waals surface area (Å²) in [6, 6.07) is 20.9. The standard InChI is InChI=1S/C26H23FN2O2/c1-16-5-4-6-17(15-16)24-23(25(30)28-19-11-9-18(27)10-12-19)21-7-2-3-8-22(21)26(31)29(24)20-13-14-20/h2-12,15,20,23-24H,13-14H2,1H3,(H,28,30). The summed E-state index contributed by atoms with van der Waals surface area (Å²) in [5.74, 6) is -1.15. The van der Waals surface area contributed by atoms with E-state index in [-0.39, 0.29) is 23.7 Å². The van der Waals surface area contributed by atoms with Crippen LogP contribution in [0.2, 0.25) is 0 Å². The molecule has 5 heteroatoms. The van der Waals surface area contributed by atoms with Gasteiger partial charge in [0.15, 0.2) is 0 Å². The molecule has 1 saturated carbocycles. The van der Waals surface area contributed by atoms with Crippen LogP contribution >= 0.6 is 0 Å². The van der Waals surface area contributed by atoms with Gasteiger partial charge < -0.3 is 10.2 Å². The summed E-state index contributed by atoms with van der Waals surface area (Å²) in [5.41, 5.74) is 3.88. The molecule has 31 heavy (non-hydrogen) atoms. The van der Waals surface area contributed by atoms with Crippen LogP contribution in [0.3, 0.4) is 0 Å². The van der Waals surface area contributed by atoms with Crippen LogP contribution in [0.5, 0.6) is 0 Å². The lowest BCUT2D eigenvalue weighted by atomic mass is 9.78. The molecule has 1 aliphatic carbocycles. The maximum Gasteiger partial charge on any atom is 0.254 e. The van der Waals surface area contributed by atoms with Crippen molar-refractivity contribution < 1.29 is 14.0 Å². The first-order valence-corrected chi connectivity index (χ1v) is 10.6. The second-order valence-corrected chi connectivity index (χ2v) is 8.36. The molecule has 0 radical (unpaired) electrons. The summed E-state index contributed by atoms with van der Waals surface area (Å²) in [5, 5.41) is 2.95. The van der Waals surface area contributed by atoms with E-state index in [1.807, 2.05) is 48.2 Å². The van der Waals surface area contributed by atoms with Gasteiger partial charge >= 0.3 is 0 Å². The average Bonchev–Trinajstić information content (AvgIpc) is 3.60. The Labute approximate surface area is 180 Å². The van der Waals surface area contributed by atoms with E-state index < -0.39 is 12.0 Å². The number of anilines is 1. The molecule has 2 atom stereocenters. The molecule has 4 nitrogen and oxygen atoms in total. The number of nitrogens with zero attached hydrogens (tertiary/aromatic N) is 1. The number of fused-ring (bicyclic) bond motifs is 1. The monoisotopic (exact) mass is 414 g/mol. The Kier molecular flexibility index (Phi) is 4.81. The molecule has 0 bridgehead atoms. The number of rotatable bonds is 4. The van der Waals surface area contributed by atoms with E-state index in [0.29, 0.717) is 11.3 Å². The second kappa shape index (κ2) is 7.65. The fraction of sp³-hybridized carbons (Fsp3) is 0.231. The van der Waals surface area contributed by atoms with Gasteiger partial charge in [-0.3, -0.25) is 9.59 Å². The van der Waals surface area contributed by atoms with Gasteiger partial charge in [0, 0.05) is 17.3 Å². The topological polar surface area (TPSA) is 49.4 Å². The van der Waals surface area contributed by atoms with Gasteiger partial charge in [-0.05, 0) is 61.2 Å². The molecule has 0 saturated heterocycles. The van der Waals surface area contributed by atoms with Crippen molar-refractivity contribution in [2.75, 3.05) is 5.32 Å². The zero-order valence-electron chi connectivity index (χ0n) is 17.2. The Bertz CT molecular complexity index is 1150. The van der Waals surface area contributed by atoms with Crippen LogP contribution in [0.4, 0.5) is 10.1 Å². The first-order chi connectivity index (χ1) is 15.0. The van der Waals surface area contributed by atoms with Crippen LogP contribution in [0, 0.1) is 12.7 Å². The van der Waals surface area contributed by atoms with Crippen LogP contribution in [0.1, 0.15) is 51.8 Å². The van der Waals surface area contributed by atoms with E-state index in [2.05, 4.69) is 11.4 Å². The number of carbonyl (C=O) groups is 2. The van der Waals surface area contributed by atoms with Crippen molar-refractivity contribution in [2.24, 2.45) is 0 Å². The molecule has 1 heterocycles. The van der Waals surface area contributed by atoms with E-state index >= 15 is 0 Å². The third-order valence-corrected chi connectivity index (χ3v) is 6.09. The molecule has 156 valence electrons. The Hall–Kier alpha value is -3.47. The average molecular weight is 414 g/mol. The predicted octanol–water partition coefficient (Wildman–Crippen LogP) is 5.22. The van der Waals surface area contributed by atoms with Crippen molar-refractivity contribution >= 4 is 17.5 Å². The van der Waals surface area contributed by atoms with E-state index in [4.69, 9.17) is 0 Å². The van der Waals surface area contributed by atoms with Gasteiger partial charge in [-0.1, -0.05) is 48.0 Å². The van der Waals surface area contributed by atoms with E-state index in [9.17, 15) is 14.0 Å². The Morgan fingerprint density at radius 3 is 2.45 bits per heavy atom. The molecule has 1 fully saturated rings. The molecule has 1 N–H and O–H groups in total. The zero-order chi connectivity index (χ0) is 21.5. The Morgan fingerprint density at radius 1 is 1.00 bits per heavy atom. The quantitative estimate of drug-likeness (QED) is 0.637. The first-order valence-electron chi connectivity index (χ1n) is 10.6. The lowest BCUT2D eigenvalue weighted by Crippen LogP contribution is -2.47. The van der Waals surface area contributed by atoms with Gasteiger partial charge in [-0.2, -0.15) is 0 Å². The van der Waals surface area contributed by atoms with E-state index in [1.165, 1.54) is 12.1 Å². The third kappa shape index (κ3) is 3.61. The summed E-state index contributed by atoms with van der Waals surface area (Å²) >= 11 is 0. The maximum absolute atomic E-state index is 13.6. The normalized spacial score (nSPS) is 20.3. The molecule has 0 spiro atoms. The van der Waals surface area contributed by atoms with Crippen LogP contribution in [-0.4, -0.2) is 22.8 Å². The lowest BCUT2D eigenvalue weighted by Gasteiger charge is -2.42. The van der Waals surface area contributed by atoms with Crippen molar-refractivity contribution in [2.45, 2.75) is 37.8 Å². The van der Waals surface area contributed by atoms with Gasteiger partial charge in [-0.25, -0.2) is 4.39 Å². The second-order valence-electron chi connectivity index (χ2n) is 8.36. The predicted molar refractivity (Wildman–Crippen MR) is 117 cm³/mol. The van der Waals surface area contributed by atoms with Crippen molar-refractivity contribution in [3.8, 4) is 0 Å². The number of hydrogen-bond acceptors (Lipinski definition) is 2. The van der Waals surface area contributed by atoms with Crippen molar-refractivity contribution in [3.63, 3.8) is 0 Å². The molecule has 2 unspecified atom stereocenters. The van der Waals surface area contributed by atoms with E-state index in [1.54, 1.807) is 18.2 Å². The molecule has 3 aromatic carbocycles. The molecule has 5 rings (SSSR count). The summed E-state index contributed by atoms with van der Waals surface area (Å²) in [6.45, 7) is 2.01. The number of carbonyl (C=O) groups excluding carboxylic acids is 2. The number of nitrogens with one attached hydrogen (secondary N) is 1. The number of hydrogen-bond donors (Lipinski definition) is 1.